The van der Waals surface area contributed by atoms with Crippen LogP contribution in [0, 0.1) is 11.3 Å². The minimum absolute atomic E-state index is 0.0971. The van der Waals surface area contributed by atoms with Gasteiger partial charge < -0.3 is 10.5 Å². The number of H-pyrrole nitrogens is 1. The standard InChI is InChI=1S/C23H16N4O/c24-13-18-19(15-8-2-1-3-9-15)20-21(26-27-23(20)28-22(18)25)17-12-6-10-14-7-4-5-11-16(14)17/h1-12,19H,25H2,(H,26,27). The summed E-state index contributed by atoms with van der Waals surface area (Å²) in [4.78, 5) is 0. The van der Waals surface area contributed by atoms with Crippen LogP contribution in [0.1, 0.15) is 17.0 Å². The van der Waals surface area contributed by atoms with E-state index in [0.717, 1.165) is 33.2 Å². The van der Waals surface area contributed by atoms with Crippen molar-refractivity contribution < 1.29 is 4.74 Å². The van der Waals surface area contributed by atoms with Gasteiger partial charge in [0.2, 0.25) is 11.8 Å². The van der Waals surface area contributed by atoms with Crippen LogP contribution >= 0.6 is 0 Å². The Labute approximate surface area is 161 Å². The number of nitrogens with zero attached hydrogens (tertiary/aromatic N) is 2. The van der Waals surface area contributed by atoms with Crippen LogP contribution in [-0.4, -0.2) is 10.2 Å². The molecule has 3 aromatic carbocycles. The zero-order valence-electron chi connectivity index (χ0n) is 14.9. The van der Waals surface area contributed by atoms with Crippen molar-refractivity contribution in [2.24, 2.45) is 5.73 Å². The van der Waals surface area contributed by atoms with Gasteiger partial charge in [-0.05, 0) is 16.3 Å². The van der Waals surface area contributed by atoms with Gasteiger partial charge in [0.15, 0.2) is 0 Å². The first-order chi connectivity index (χ1) is 13.8. The van der Waals surface area contributed by atoms with Gasteiger partial charge in [0.1, 0.15) is 11.6 Å². The number of allylic oxidation sites excluding steroid dienone is 1. The number of nitrogens with two attached hydrogens (primary N) is 1. The highest BCUT2D eigenvalue weighted by Crippen LogP contribution is 2.46. The fourth-order valence-electron chi connectivity index (χ4n) is 3.87. The van der Waals surface area contributed by atoms with E-state index in [1.54, 1.807) is 0 Å². The van der Waals surface area contributed by atoms with Gasteiger partial charge in [-0.15, -0.1) is 5.10 Å². The van der Waals surface area contributed by atoms with Crippen molar-refractivity contribution in [1.82, 2.24) is 10.2 Å². The predicted molar refractivity (Wildman–Crippen MR) is 107 cm³/mol. The molecule has 3 N–H and O–H groups in total. The third kappa shape index (κ3) is 2.36. The van der Waals surface area contributed by atoms with Crippen molar-refractivity contribution in [2.75, 3.05) is 0 Å². The molecule has 0 radical (unpaired) electrons. The van der Waals surface area contributed by atoms with Crippen LogP contribution in [0.25, 0.3) is 22.0 Å². The monoisotopic (exact) mass is 364 g/mol. The van der Waals surface area contributed by atoms with Crippen LogP contribution < -0.4 is 10.5 Å². The van der Waals surface area contributed by atoms with Gasteiger partial charge >= 0.3 is 0 Å². The maximum absolute atomic E-state index is 9.79. The highest BCUT2D eigenvalue weighted by atomic mass is 16.5. The third-order valence-electron chi connectivity index (χ3n) is 5.13. The molecule has 5 heteroatoms. The Bertz CT molecular complexity index is 1260. The lowest BCUT2D eigenvalue weighted by Gasteiger charge is -2.24. The van der Waals surface area contributed by atoms with E-state index < -0.39 is 0 Å². The smallest absolute Gasteiger partial charge is 0.244 e. The molecule has 4 aromatic rings. The molecule has 0 amide bonds. The van der Waals surface area contributed by atoms with Crippen LogP contribution in [0.2, 0.25) is 0 Å². The number of benzene rings is 3. The van der Waals surface area contributed by atoms with Crippen molar-refractivity contribution in [1.29, 1.82) is 5.26 Å². The molecule has 0 fully saturated rings. The summed E-state index contributed by atoms with van der Waals surface area (Å²) in [5, 5.41) is 19.5. The Morgan fingerprint density at radius 3 is 2.54 bits per heavy atom. The van der Waals surface area contributed by atoms with Crippen LogP contribution in [-0.2, 0) is 0 Å². The van der Waals surface area contributed by atoms with Gasteiger partial charge in [0.25, 0.3) is 0 Å². The summed E-state index contributed by atoms with van der Waals surface area (Å²) in [5.74, 6) is 0.163. The van der Waals surface area contributed by atoms with E-state index in [-0.39, 0.29) is 11.8 Å². The lowest BCUT2D eigenvalue weighted by Crippen LogP contribution is -2.20. The first kappa shape index (κ1) is 16.2. The molecule has 1 atom stereocenters. The largest absolute Gasteiger partial charge is 0.420 e. The van der Waals surface area contributed by atoms with Crippen molar-refractivity contribution in [3.8, 4) is 23.2 Å². The molecular formula is C23H16N4O. The number of fused-ring (bicyclic) bond motifs is 2. The number of rotatable bonds is 2. The summed E-state index contributed by atoms with van der Waals surface area (Å²) < 4.78 is 5.69. The van der Waals surface area contributed by atoms with E-state index in [2.05, 4.69) is 34.5 Å². The molecule has 1 unspecified atom stereocenters. The number of aromatic nitrogens is 2. The molecule has 28 heavy (non-hydrogen) atoms. The predicted octanol–water partition coefficient (Wildman–Crippen LogP) is 4.45. The highest BCUT2D eigenvalue weighted by molar-refractivity contribution is 5.97. The average molecular weight is 364 g/mol. The lowest BCUT2D eigenvalue weighted by molar-refractivity contribution is 0.379. The van der Waals surface area contributed by atoms with Crippen molar-refractivity contribution in [3.05, 3.63) is 95.4 Å². The number of aromatic amines is 1. The summed E-state index contributed by atoms with van der Waals surface area (Å²) in [5.41, 5.74) is 10.1. The molecule has 1 aliphatic rings. The van der Waals surface area contributed by atoms with Gasteiger partial charge in [0.05, 0.1) is 17.2 Å². The van der Waals surface area contributed by atoms with Gasteiger partial charge in [0, 0.05) is 5.56 Å². The summed E-state index contributed by atoms with van der Waals surface area (Å²) in [6, 6.07) is 26.4. The SMILES string of the molecule is N#CC1=C(N)Oc2n[nH]c(-c3cccc4ccccc34)c2C1c1ccccc1. The Hall–Kier alpha value is -4.04. The third-order valence-corrected chi connectivity index (χ3v) is 5.13. The molecular weight excluding hydrogens is 348 g/mol. The van der Waals surface area contributed by atoms with Gasteiger partial charge in [-0.2, -0.15) is 5.26 Å². The first-order valence-corrected chi connectivity index (χ1v) is 8.97. The molecule has 5 nitrogen and oxygen atoms in total. The second-order valence-corrected chi connectivity index (χ2v) is 6.68. The Kier molecular flexibility index (Phi) is 3.63. The Morgan fingerprint density at radius 1 is 0.964 bits per heavy atom. The molecule has 2 heterocycles. The Morgan fingerprint density at radius 2 is 1.71 bits per heavy atom. The summed E-state index contributed by atoms with van der Waals surface area (Å²) in [7, 11) is 0. The lowest BCUT2D eigenvalue weighted by atomic mass is 9.82. The molecule has 1 aliphatic heterocycles. The minimum Gasteiger partial charge on any atom is -0.420 e. The molecule has 0 saturated heterocycles. The minimum atomic E-state index is -0.345. The fraction of sp³-hybridized carbons (Fsp3) is 0.0435. The van der Waals surface area contributed by atoms with E-state index >= 15 is 0 Å². The maximum Gasteiger partial charge on any atom is 0.244 e. The topological polar surface area (TPSA) is 87.7 Å². The Balaban J connectivity index is 1.80. The highest BCUT2D eigenvalue weighted by Gasteiger charge is 2.35. The normalized spacial score (nSPS) is 15.8. The van der Waals surface area contributed by atoms with E-state index in [0.29, 0.717) is 11.5 Å². The maximum atomic E-state index is 9.79. The van der Waals surface area contributed by atoms with Crippen molar-refractivity contribution >= 4 is 10.8 Å². The van der Waals surface area contributed by atoms with Crippen molar-refractivity contribution in [3.63, 3.8) is 0 Å². The molecule has 134 valence electrons. The van der Waals surface area contributed by atoms with Crippen LogP contribution in [0.15, 0.2) is 84.3 Å². The van der Waals surface area contributed by atoms with Gasteiger partial charge in [-0.1, -0.05) is 72.8 Å². The van der Waals surface area contributed by atoms with Gasteiger partial charge in [-0.25, -0.2) is 0 Å². The quantitative estimate of drug-likeness (QED) is 0.550. The van der Waals surface area contributed by atoms with Crippen LogP contribution in [0.4, 0.5) is 0 Å². The van der Waals surface area contributed by atoms with Gasteiger partial charge in [-0.3, -0.25) is 5.10 Å². The first-order valence-electron chi connectivity index (χ1n) is 8.97. The molecule has 5 rings (SSSR count). The number of hydrogen-bond donors (Lipinski definition) is 2. The van der Waals surface area contributed by atoms with E-state index in [4.69, 9.17) is 10.5 Å². The number of nitriles is 1. The second-order valence-electron chi connectivity index (χ2n) is 6.68. The van der Waals surface area contributed by atoms with Crippen LogP contribution in [0.3, 0.4) is 0 Å². The van der Waals surface area contributed by atoms with Crippen molar-refractivity contribution in [2.45, 2.75) is 5.92 Å². The molecule has 0 saturated carbocycles. The number of nitrogens with one attached hydrogen (secondary N) is 1. The zero-order chi connectivity index (χ0) is 19.1. The number of hydrogen-bond acceptors (Lipinski definition) is 4. The van der Waals surface area contributed by atoms with E-state index in [1.807, 2.05) is 54.6 Å². The summed E-state index contributed by atoms with van der Waals surface area (Å²) in [6.07, 6.45) is 0. The number of ether oxygens (including phenoxy) is 1. The van der Waals surface area contributed by atoms with E-state index in [1.165, 1.54) is 0 Å². The average Bonchev–Trinajstić information content (AvgIpc) is 3.16. The second kappa shape index (κ2) is 6.29. The van der Waals surface area contributed by atoms with E-state index in [9.17, 15) is 5.26 Å². The van der Waals surface area contributed by atoms with Crippen LogP contribution in [0.5, 0.6) is 5.88 Å². The zero-order valence-corrected chi connectivity index (χ0v) is 14.9. The summed E-state index contributed by atoms with van der Waals surface area (Å²) in [6.45, 7) is 0. The fourth-order valence-corrected chi connectivity index (χ4v) is 3.87. The molecule has 1 aromatic heterocycles. The summed E-state index contributed by atoms with van der Waals surface area (Å²) >= 11 is 0. The molecule has 0 bridgehead atoms. The molecule has 0 spiro atoms. The molecule has 0 aliphatic carbocycles.